The van der Waals surface area contributed by atoms with Gasteiger partial charge in [0.25, 0.3) is 0 Å². The number of hydrogen-bond acceptors (Lipinski definition) is 4. The van der Waals surface area contributed by atoms with Gasteiger partial charge in [-0.3, -0.25) is 4.98 Å². The van der Waals surface area contributed by atoms with Crippen LogP contribution in [0.1, 0.15) is 22.6 Å². The van der Waals surface area contributed by atoms with E-state index >= 15 is 0 Å². The Hall–Kier alpha value is -4.24. The van der Waals surface area contributed by atoms with Gasteiger partial charge in [-0.05, 0) is 40.5 Å². The third-order valence-electron chi connectivity index (χ3n) is 5.32. The number of fused-ring (bicyclic) bond motifs is 4. The third-order valence-corrected chi connectivity index (χ3v) is 5.32. The van der Waals surface area contributed by atoms with Gasteiger partial charge in [0.05, 0.1) is 12.1 Å². The molecule has 1 heterocycles. The molecule has 0 unspecified atom stereocenters. The zero-order valence-corrected chi connectivity index (χ0v) is 16.5. The fourth-order valence-electron chi connectivity index (χ4n) is 3.94. The molecule has 0 radical (unpaired) electrons. The van der Waals surface area contributed by atoms with E-state index in [0.29, 0.717) is 16.7 Å². The average Bonchev–Trinajstić information content (AvgIpc) is 3.32. The molecule has 6 heteroatoms. The molecule has 2 N–H and O–H groups in total. The van der Waals surface area contributed by atoms with Gasteiger partial charge >= 0.3 is 11.8 Å². The number of H-pyrrole nitrogens is 1. The number of ether oxygens (including phenoxy) is 1. The molecule has 0 atom stereocenters. The first-order chi connectivity index (χ1) is 15.2. The molecule has 0 fully saturated rings. The number of carbonyl (C=O) groups is 1. The minimum atomic E-state index is -0.511. The van der Waals surface area contributed by atoms with Crippen molar-refractivity contribution in [2.45, 2.75) is 5.92 Å². The molecule has 3 aromatic carbocycles. The number of rotatable bonds is 3. The molecule has 0 aliphatic heterocycles. The monoisotopic (exact) mass is 410 g/mol. The summed E-state index contributed by atoms with van der Waals surface area (Å²) in [6.07, 6.45) is -0.511. The highest BCUT2D eigenvalue weighted by atomic mass is 16.5. The number of carbonyl (C=O) groups excluding carboxylic acids is 1. The summed E-state index contributed by atoms with van der Waals surface area (Å²) in [5.74, 6) is 5.32. The Kier molecular flexibility index (Phi) is 4.77. The second-order valence-corrected chi connectivity index (χ2v) is 7.21. The number of benzene rings is 3. The van der Waals surface area contributed by atoms with E-state index in [2.05, 4.69) is 46.4 Å². The molecule has 31 heavy (non-hydrogen) atoms. The van der Waals surface area contributed by atoms with E-state index in [4.69, 9.17) is 9.15 Å². The van der Waals surface area contributed by atoms with E-state index in [1.165, 1.54) is 22.3 Å². The lowest BCUT2D eigenvalue weighted by Crippen LogP contribution is -2.26. The van der Waals surface area contributed by atoms with Crippen LogP contribution in [0.4, 0.5) is 4.79 Å². The van der Waals surface area contributed by atoms with Crippen LogP contribution in [-0.2, 0) is 4.74 Å². The van der Waals surface area contributed by atoms with Gasteiger partial charge in [-0.15, -0.1) is 0 Å². The van der Waals surface area contributed by atoms with Gasteiger partial charge in [0.1, 0.15) is 6.61 Å². The Morgan fingerprint density at radius 2 is 1.74 bits per heavy atom. The van der Waals surface area contributed by atoms with Crippen LogP contribution in [0, 0.1) is 11.8 Å². The fraction of sp³-hybridized carbons (Fsp3) is 0.120. The van der Waals surface area contributed by atoms with E-state index < -0.39 is 11.8 Å². The summed E-state index contributed by atoms with van der Waals surface area (Å²) in [7, 11) is 0. The molecule has 1 aliphatic carbocycles. The van der Waals surface area contributed by atoms with Crippen LogP contribution in [0.3, 0.4) is 0 Å². The van der Waals surface area contributed by atoms with Gasteiger partial charge < -0.3 is 14.5 Å². The number of aromatic nitrogens is 1. The Morgan fingerprint density at radius 1 is 1.03 bits per heavy atom. The highest BCUT2D eigenvalue weighted by Crippen LogP contribution is 2.44. The summed E-state index contributed by atoms with van der Waals surface area (Å²) in [6.45, 7) is 0.405. The van der Waals surface area contributed by atoms with Crippen molar-refractivity contribution in [2.24, 2.45) is 0 Å². The molecule has 0 saturated carbocycles. The number of aromatic amines is 1. The standard InChI is InChI=1S/C25H18N2O4/c28-24(26-13-5-6-16-11-12-22-23(14-16)31-25(29)27-22)30-15-21-19-9-3-1-7-17(19)18-8-2-4-10-20(18)21/h1-4,7-12,14,21H,13,15H2,(H,26,28)(H,27,29). The first-order valence-electron chi connectivity index (χ1n) is 9.89. The quantitative estimate of drug-likeness (QED) is 0.500. The second kappa shape index (κ2) is 7.88. The minimum Gasteiger partial charge on any atom is -0.449 e. The van der Waals surface area contributed by atoms with Gasteiger partial charge in [0.2, 0.25) is 0 Å². The lowest BCUT2D eigenvalue weighted by atomic mass is 9.98. The molecule has 4 aromatic rings. The van der Waals surface area contributed by atoms with Gasteiger partial charge in [0.15, 0.2) is 5.58 Å². The van der Waals surface area contributed by atoms with E-state index in [0.717, 1.165) is 0 Å². The van der Waals surface area contributed by atoms with Crippen molar-refractivity contribution < 1.29 is 13.9 Å². The highest BCUT2D eigenvalue weighted by molar-refractivity contribution is 5.79. The molecule has 6 nitrogen and oxygen atoms in total. The van der Waals surface area contributed by atoms with E-state index in [1.54, 1.807) is 18.2 Å². The Morgan fingerprint density at radius 3 is 2.48 bits per heavy atom. The molecule has 0 bridgehead atoms. The number of amides is 1. The van der Waals surface area contributed by atoms with Crippen LogP contribution in [0.15, 0.2) is 75.9 Å². The number of hydrogen-bond donors (Lipinski definition) is 2. The maximum Gasteiger partial charge on any atom is 0.417 e. The smallest absolute Gasteiger partial charge is 0.417 e. The van der Waals surface area contributed by atoms with Crippen LogP contribution >= 0.6 is 0 Å². The van der Waals surface area contributed by atoms with Crippen LogP contribution in [-0.4, -0.2) is 24.2 Å². The van der Waals surface area contributed by atoms with Crippen molar-refractivity contribution in [3.8, 4) is 23.0 Å². The van der Waals surface area contributed by atoms with Crippen molar-refractivity contribution in [2.75, 3.05) is 13.2 Å². The molecular weight excluding hydrogens is 392 g/mol. The van der Waals surface area contributed by atoms with Crippen LogP contribution < -0.4 is 11.1 Å². The van der Waals surface area contributed by atoms with Crippen LogP contribution in [0.5, 0.6) is 0 Å². The lowest BCUT2D eigenvalue weighted by molar-refractivity contribution is 0.144. The molecule has 1 aliphatic rings. The summed E-state index contributed by atoms with van der Waals surface area (Å²) >= 11 is 0. The first kappa shape index (κ1) is 18.8. The summed E-state index contributed by atoms with van der Waals surface area (Å²) in [5.41, 5.74) is 6.46. The van der Waals surface area contributed by atoms with Gasteiger partial charge in [-0.25, -0.2) is 9.59 Å². The van der Waals surface area contributed by atoms with Crippen molar-refractivity contribution in [3.63, 3.8) is 0 Å². The van der Waals surface area contributed by atoms with E-state index in [1.807, 2.05) is 24.3 Å². The lowest BCUT2D eigenvalue weighted by Gasteiger charge is -2.14. The Labute approximate surface area is 177 Å². The van der Waals surface area contributed by atoms with Crippen molar-refractivity contribution in [1.29, 1.82) is 0 Å². The molecule has 152 valence electrons. The minimum absolute atomic E-state index is 0.0203. The Bertz CT molecular complexity index is 1360. The number of oxazole rings is 1. The van der Waals surface area contributed by atoms with Crippen molar-refractivity contribution in [3.05, 3.63) is 94.0 Å². The summed E-state index contributed by atoms with van der Waals surface area (Å²) < 4.78 is 10.5. The highest BCUT2D eigenvalue weighted by Gasteiger charge is 2.28. The zero-order valence-electron chi connectivity index (χ0n) is 16.5. The normalized spacial score (nSPS) is 12.0. The summed E-state index contributed by atoms with van der Waals surface area (Å²) in [5, 5.41) is 2.65. The second-order valence-electron chi connectivity index (χ2n) is 7.21. The van der Waals surface area contributed by atoms with Crippen molar-refractivity contribution >= 4 is 17.2 Å². The average molecular weight is 410 g/mol. The molecule has 0 spiro atoms. The topological polar surface area (TPSA) is 84.3 Å². The van der Waals surface area contributed by atoms with Crippen LogP contribution in [0.25, 0.3) is 22.2 Å². The van der Waals surface area contributed by atoms with E-state index in [9.17, 15) is 9.59 Å². The molecule has 1 aromatic heterocycles. The number of alkyl carbamates (subject to hydrolysis) is 1. The first-order valence-corrected chi connectivity index (χ1v) is 9.89. The largest absolute Gasteiger partial charge is 0.449 e. The zero-order chi connectivity index (χ0) is 21.2. The molecular formula is C25H18N2O4. The van der Waals surface area contributed by atoms with Crippen LogP contribution in [0.2, 0.25) is 0 Å². The van der Waals surface area contributed by atoms with Gasteiger partial charge in [0, 0.05) is 11.5 Å². The summed E-state index contributed by atoms with van der Waals surface area (Å²) in [6, 6.07) is 21.6. The maximum absolute atomic E-state index is 12.2. The van der Waals surface area contributed by atoms with E-state index in [-0.39, 0.29) is 19.1 Å². The molecule has 0 saturated heterocycles. The fourth-order valence-corrected chi connectivity index (χ4v) is 3.94. The maximum atomic E-state index is 12.2. The van der Waals surface area contributed by atoms with Gasteiger partial charge in [-0.1, -0.05) is 60.4 Å². The third kappa shape index (κ3) is 3.69. The number of nitrogens with one attached hydrogen (secondary N) is 2. The molecule has 1 amide bonds. The summed E-state index contributed by atoms with van der Waals surface area (Å²) in [4.78, 5) is 25.9. The predicted octanol–water partition coefficient (Wildman–Crippen LogP) is 4.01. The Balaban J connectivity index is 1.19. The van der Waals surface area contributed by atoms with Crippen molar-refractivity contribution in [1.82, 2.24) is 10.3 Å². The SMILES string of the molecule is O=C(NCC#Cc1ccc2[nH]c(=O)oc2c1)OCC1c2ccccc2-c2ccccc21. The molecule has 5 rings (SSSR count). The van der Waals surface area contributed by atoms with Gasteiger partial charge in [-0.2, -0.15) is 0 Å². The predicted molar refractivity (Wildman–Crippen MR) is 117 cm³/mol.